The molecule has 0 saturated heterocycles. The third-order valence-electron chi connectivity index (χ3n) is 3.72. The molecular formula is C16H20N2O5S. The lowest BCUT2D eigenvalue weighted by molar-refractivity contribution is 0.0696. The minimum absolute atomic E-state index is 0.0618. The molecule has 8 heteroatoms. The molecule has 1 atom stereocenters. The molecule has 0 aliphatic carbocycles. The smallest absolute Gasteiger partial charge is 0.335 e. The van der Waals surface area contributed by atoms with Gasteiger partial charge in [0.25, 0.3) is 0 Å². The van der Waals surface area contributed by atoms with Crippen LogP contribution in [0.4, 0.5) is 0 Å². The predicted molar refractivity (Wildman–Crippen MR) is 88.4 cm³/mol. The number of aryl methyl sites for hydroxylation is 2. The largest absolute Gasteiger partial charge is 0.478 e. The van der Waals surface area contributed by atoms with Crippen molar-refractivity contribution in [2.45, 2.75) is 32.4 Å². The van der Waals surface area contributed by atoms with Crippen molar-refractivity contribution in [3.63, 3.8) is 0 Å². The monoisotopic (exact) mass is 352 g/mol. The molecule has 0 aliphatic heterocycles. The first kappa shape index (κ1) is 18.2. The van der Waals surface area contributed by atoms with Gasteiger partial charge in [0.1, 0.15) is 5.76 Å². The Labute approximate surface area is 140 Å². The second-order valence-corrected chi connectivity index (χ2v) is 7.56. The third-order valence-corrected chi connectivity index (χ3v) is 5.04. The van der Waals surface area contributed by atoms with E-state index in [1.165, 1.54) is 18.2 Å². The van der Waals surface area contributed by atoms with Crippen LogP contribution in [0.2, 0.25) is 0 Å². The van der Waals surface area contributed by atoms with Gasteiger partial charge in [-0.2, -0.15) is 0 Å². The average molecular weight is 352 g/mol. The zero-order valence-electron chi connectivity index (χ0n) is 13.7. The Morgan fingerprint density at radius 3 is 2.67 bits per heavy atom. The number of carboxylic acids is 1. The molecule has 0 fully saturated rings. The van der Waals surface area contributed by atoms with E-state index in [-0.39, 0.29) is 23.8 Å². The van der Waals surface area contributed by atoms with Crippen molar-refractivity contribution < 1.29 is 22.8 Å². The van der Waals surface area contributed by atoms with E-state index in [0.717, 1.165) is 11.3 Å². The Bertz CT molecular complexity index is 822. The maximum Gasteiger partial charge on any atom is 0.335 e. The standard InChI is InChI=1S/C16H20N2O5S/c1-10(15-11(2)18-23-12(15)3)8-17-24(21,22)9-13-5-4-6-14(7-13)16(19)20/h4-7,10,17H,8-9H2,1-3H3,(H,19,20). The van der Waals surface area contributed by atoms with Gasteiger partial charge in [0, 0.05) is 12.1 Å². The second kappa shape index (κ2) is 7.14. The highest BCUT2D eigenvalue weighted by molar-refractivity contribution is 7.88. The summed E-state index contributed by atoms with van der Waals surface area (Å²) in [5.41, 5.74) is 2.12. The third kappa shape index (κ3) is 4.42. The van der Waals surface area contributed by atoms with Crippen LogP contribution in [-0.4, -0.2) is 31.2 Å². The number of aromatic carboxylic acids is 1. The number of nitrogens with zero attached hydrogens (tertiary/aromatic N) is 1. The normalized spacial score (nSPS) is 13.0. The number of nitrogens with one attached hydrogen (secondary N) is 1. The maximum atomic E-state index is 12.2. The summed E-state index contributed by atoms with van der Waals surface area (Å²) in [5, 5.41) is 12.8. The summed E-state index contributed by atoms with van der Waals surface area (Å²) in [6.45, 7) is 5.70. The molecule has 0 aliphatic rings. The Kier molecular flexibility index (Phi) is 5.40. The lowest BCUT2D eigenvalue weighted by atomic mass is 10.0. The molecule has 1 unspecified atom stereocenters. The number of benzene rings is 1. The Morgan fingerprint density at radius 2 is 2.08 bits per heavy atom. The number of carbonyl (C=O) groups is 1. The number of hydrogen-bond acceptors (Lipinski definition) is 5. The molecule has 24 heavy (non-hydrogen) atoms. The number of sulfonamides is 1. The zero-order valence-corrected chi connectivity index (χ0v) is 14.6. The highest BCUT2D eigenvalue weighted by Gasteiger charge is 2.19. The van der Waals surface area contributed by atoms with Gasteiger partial charge >= 0.3 is 5.97 Å². The number of rotatable bonds is 7. The van der Waals surface area contributed by atoms with E-state index in [9.17, 15) is 13.2 Å². The van der Waals surface area contributed by atoms with Gasteiger partial charge in [0.2, 0.25) is 10.0 Å². The topological polar surface area (TPSA) is 110 Å². The average Bonchev–Trinajstić information content (AvgIpc) is 2.84. The quantitative estimate of drug-likeness (QED) is 0.791. The van der Waals surface area contributed by atoms with Crippen molar-refractivity contribution in [1.29, 1.82) is 0 Å². The fourth-order valence-electron chi connectivity index (χ4n) is 2.61. The van der Waals surface area contributed by atoms with Gasteiger partial charge in [-0.1, -0.05) is 24.2 Å². The van der Waals surface area contributed by atoms with Crippen LogP contribution in [0.3, 0.4) is 0 Å². The zero-order chi connectivity index (χ0) is 17.9. The molecule has 0 spiro atoms. The van der Waals surface area contributed by atoms with Crippen molar-refractivity contribution in [3.8, 4) is 0 Å². The summed E-state index contributed by atoms with van der Waals surface area (Å²) in [6.07, 6.45) is 0. The van der Waals surface area contributed by atoms with Gasteiger partial charge in [-0.3, -0.25) is 0 Å². The van der Waals surface area contributed by atoms with E-state index < -0.39 is 16.0 Å². The predicted octanol–water partition coefficient (Wildman–Crippen LogP) is 2.21. The number of hydrogen-bond donors (Lipinski definition) is 2. The van der Waals surface area contributed by atoms with Crippen LogP contribution < -0.4 is 4.72 Å². The molecular weight excluding hydrogens is 332 g/mol. The lowest BCUT2D eigenvalue weighted by Gasteiger charge is -2.13. The van der Waals surface area contributed by atoms with Crippen molar-refractivity contribution in [2.24, 2.45) is 0 Å². The van der Waals surface area contributed by atoms with Crippen LogP contribution in [0.25, 0.3) is 0 Å². The van der Waals surface area contributed by atoms with E-state index in [2.05, 4.69) is 9.88 Å². The van der Waals surface area contributed by atoms with Crippen molar-refractivity contribution >= 4 is 16.0 Å². The Hall–Kier alpha value is -2.19. The van der Waals surface area contributed by atoms with Crippen LogP contribution in [0, 0.1) is 13.8 Å². The minimum Gasteiger partial charge on any atom is -0.478 e. The van der Waals surface area contributed by atoms with E-state index in [1.807, 2.05) is 13.8 Å². The highest BCUT2D eigenvalue weighted by Crippen LogP contribution is 2.22. The van der Waals surface area contributed by atoms with E-state index in [4.69, 9.17) is 9.63 Å². The molecule has 1 aromatic heterocycles. The molecule has 1 aromatic carbocycles. The Morgan fingerprint density at radius 1 is 1.38 bits per heavy atom. The molecule has 0 amide bonds. The van der Waals surface area contributed by atoms with Gasteiger partial charge < -0.3 is 9.63 Å². The van der Waals surface area contributed by atoms with Gasteiger partial charge in [-0.05, 0) is 37.5 Å². The van der Waals surface area contributed by atoms with Gasteiger partial charge in [0.15, 0.2) is 0 Å². The molecule has 0 bridgehead atoms. The Balaban J connectivity index is 2.04. The summed E-state index contributed by atoms with van der Waals surface area (Å²) in [5.74, 6) is -0.776. The SMILES string of the molecule is Cc1noc(C)c1C(C)CNS(=O)(=O)Cc1cccc(C(=O)O)c1. The minimum atomic E-state index is -3.58. The van der Waals surface area contributed by atoms with Crippen LogP contribution in [0.15, 0.2) is 28.8 Å². The molecule has 2 aromatic rings. The van der Waals surface area contributed by atoms with Crippen LogP contribution in [-0.2, 0) is 15.8 Å². The fraction of sp³-hybridized carbons (Fsp3) is 0.375. The fourth-order valence-corrected chi connectivity index (χ4v) is 3.84. The summed E-state index contributed by atoms with van der Waals surface area (Å²) in [4.78, 5) is 10.9. The molecule has 2 N–H and O–H groups in total. The molecule has 0 radical (unpaired) electrons. The molecule has 7 nitrogen and oxygen atoms in total. The maximum absolute atomic E-state index is 12.2. The van der Waals surface area contributed by atoms with Gasteiger partial charge in [-0.15, -0.1) is 0 Å². The summed E-state index contributed by atoms with van der Waals surface area (Å²) < 4.78 is 32.1. The van der Waals surface area contributed by atoms with Crippen molar-refractivity contribution in [3.05, 3.63) is 52.4 Å². The molecule has 130 valence electrons. The second-order valence-electron chi connectivity index (χ2n) is 5.75. The first-order valence-corrected chi connectivity index (χ1v) is 9.07. The summed E-state index contributed by atoms with van der Waals surface area (Å²) in [6, 6.07) is 5.90. The van der Waals surface area contributed by atoms with E-state index in [0.29, 0.717) is 11.3 Å². The van der Waals surface area contributed by atoms with Gasteiger partial charge in [-0.25, -0.2) is 17.9 Å². The first-order chi connectivity index (χ1) is 11.2. The summed E-state index contributed by atoms with van der Waals surface area (Å²) >= 11 is 0. The van der Waals surface area contributed by atoms with Crippen LogP contribution >= 0.6 is 0 Å². The molecule has 0 saturated carbocycles. The first-order valence-electron chi connectivity index (χ1n) is 7.42. The van der Waals surface area contributed by atoms with Crippen molar-refractivity contribution in [1.82, 2.24) is 9.88 Å². The number of carboxylic acid groups (broad SMARTS) is 1. The van der Waals surface area contributed by atoms with E-state index in [1.54, 1.807) is 13.0 Å². The summed E-state index contributed by atoms with van der Waals surface area (Å²) in [7, 11) is -3.58. The van der Waals surface area contributed by atoms with Crippen LogP contribution in [0.5, 0.6) is 0 Å². The van der Waals surface area contributed by atoms with Gasteiger partial charge in [0.05, 0.1) is 17.0 Å². The van der Waals surface area contributed by atoms with E-state index >= 15 is 0 Å². The highest BCUT2D eigenvalue weighted by atomic mass is 32.2. The molecule has 1 heterocycles. The van der Waals surface area contributed by atoms with Crippen molar-refractivity contribution in [2.75, 3.05) is 6.54 Å². The number of aromatic nitrogens is 1. The lowest BCUT2D eigenvalue weighted by Crippen LogP contribution is -2.29. The van der Waals surface area contributed by atoms with Crippen LogP contribution in [0.1, 0.15) is 45.8 Å². The molecule has 2 rings (SSSR count).